The second-order valence-electron chi connectivity index (χ2n) is 6.03. The van der Waals surface area contributed by atoms with Gasteiger partial charge in [-0.2, -0.15) is 5.10 Å². The maximum atomic E-state index is 12.2. The van der Waals surface area contributed by atoms with E-state index in [4.69, 9.17) is 0 Å². The minimum Gasteiger partial charge on any atom is -0.273 e. The normalized spacial score (nSPS) is 26.2. The zero-order valence-electron chi connectivity index (χ0n) is 12.7. The van der Waals surface area contributed by atoms with E-state index in [0.717, 1.165) is 25.7 Å². The fraction of sp³-hybridized carbons (Fsp3) is 0.412. The number of hydrogen-bond acceptors (Lipinski definition) is 4. The van der Waals surface area contributed by atoms with Crippen molar-refractivity contribution in [1.29, 1.82) is 0 Å². The number of hydrogen-bond donors (Lipinski definition) is 1. The highest BCUT2D eigenvalue weighted by molar-refractivity contribution is 5.87. The summed E-state index contributed by atoms with van der Waals surface area (Å²) in [4.78, 5) is 22.7. The van der Waals surface area contributed by atoms with Crippen molar-refractivity contribution in [1.82, 2.24) is 5.43 Å². The monoisotopic (exact) mass is 313 g/mol. The largest absolute Gasteiger partial charge is 0.278 e. The third-order valence-electron chi connectivity index (χ3n) is 4.65. The first kappa shape index (κ1) is 15.4. The molecule has 1 N–H and O–H groups in total. The van der Waals surface area contributed by atoms with E-state index < -0.39 is 4.92 Å². The predicted octanol–water partition coefficient (Wildman–Crippen LogP) is 3.04. The Balaban J connectivity index is 1.59. The molecule has 120 valence electrons. The van der Waals surface area contributed by atoms with Crippen LogP contribution in [0.3, 0.4) is 0 Å². The van der Waals surface area contributed by atoms with E-state index in [0.29, 0.717) is 17.4 Å². The number of fused-ring (bicyclic) bond motifs is 1. The molecule has 0 saturated heterocycles. The summed E-state index contributed by atoms with van der Waals surface area (Å²) in [6.45, 7) is 0. The van der Waals surface area contributed by atoms with Gasteiger partial charge in [0.15, 0.2) is 0 Å². The molecule has 1 aromatic rings. The first-order chi connectivity index (χ1) is 11.2. The maximum Gasteiger partial charge on any atom is 0.278 e. The van der Waals surface area contributed by atoms with Crippen molar-refractivity contribution in [2.45, 2.75) is 25.7 Å². The Morgan fingerprint density at radius 2 is 1.87 bits per heavy atom. The van der Waals surface area contributed by atoms with Crippen LogP contribution >= 0.6 is 0 Å². The molecule has 0 aromatic heterocycles. The van der Waals surface area contributed by atoms with Crippen molar-refractivity contribution in [3.05, 3.63) is 52.1 Å². The van der Waals surface area contributed by atoms with E-state index >= 15 is 0 Å². The van der Waals surface area contributed by atoms with Gasteiger partial charge < -0.3 is 0 Å². The lowest BCUT2D eigenvalue weighted by molar-refractivity contribution is -0.385. The molecule has 2 aliphatic rings. The Labute approximate surface area is 134 Å². The van der Waals surface area contributed by atoms with E-state index in [9.17, 15) is 14.9 Å². The van der Waals surface area contributed by atoms with Gasteiger partial charge in [0, 0.05) is 12.0 Å². The Bertz CT molecular complexity index is 653. The maximum absolute atomic E-state index is 12.2. The van der Waals surface area contributed by atoms with Gasteiger partial charge in [0.05, 0.1) is 16.7 Å². The average Bonchev–Trinajstić information content (AvgIpc) is 3.18. The zero-order valence-corrected chi connectivity index (χ0v) is 12.7. The summed E-state index contributed by atoms with van der Waals surface area (Å²) < 4.78 is 0. The number of carbonyl (C=O) groups is 1. The third-order valence-corrected chi connectivity index (χ3v) is 4.65. The molecule has 0 heterocycles. The molecule has 1 amide bonds. The molecule has 0 aliphatic heterocycles. The summed E-state index contributed by atoms with van der Waals surface area (Å²) in [6.07, 6.45) is 9.88. The fourth-order valence-corrected chi connectivity index (χ4v) is 3.44. The number of nitro groups is 1. The molecule has 2 aliphatic carbocycles. The predicted molar refractivity (Wildman–Crippen MR) is 86.9 cm³/mol. The van der Waals surface area contributed by atoms with Crippen LogP contribution in [0.1, 0.15) is 31.2 Å². The first-order valence-electron chi connectivity index (χ1n) is 7.90. The second-order valence-corrected chi connectivity index (χ2v) is 6.03. The number of para-hydroxylation sites is 1. The quantitative estimate of drug-likeness (QED) is 0.401. The van der Waals surface area contributed by atoms with E-state index in [1.165, 1.54) is 12.3 Å². The molecule has 0 bridgehead atoms. The molecule has 1 saturated carbocycles. The Morgan fingerprint density at radius 1 is 1.22 bits per heavy atom. The van der Waals surface area contributed by atoms with Crippen molar-refractivity contribution in [3.8, 4) is 0 Å². The van der Waals surface area contributed by atoms with E-state index in [1.807, 2.05) is 0 Å². The Hall–Kier alpha value is -2.50. The van der Waals surface area contributed by atoms with Gasteiger partial charge in [-0.05, 0) is 43.6 Å². The van der Waals surface area contributed by atoms with Crippen LogP contribution in [-0.2, 0) is 4.79 Å². The second kappa shape index (κ2) is 6.73. The van der Waals surface area contributed by atoms with Crippen LogP contribution < -0.4 is 5.43 Å². The van der Waals surface area contributed by atoms with E-state index in [2.05, 4.69) is 22.7 Å². The molecule has 2 atom stereocenters. The Kier molecular flexibility index (Phi) is 4.50. The highest BCUT2D eigenvalue weighted by atomic mass is 16.6. The minimum absolute atomic E-state index is 0.0235. The topological polar surface area (TPSA) is 84.6 Å². The van der Waals surface area contributed by atoms with Gasteiger partial charge in [-0.3, -0.25) is 14.9 Å². The number of amides is 1. The summed E-state index contributed by atoms with van der Waals surface area (Å²) >= 11 is 0. The fourth-order valence-electron chi connectivity index (χ4n) is 3.44. The number of benzene rings is 1. The van der Waals surface area contributed by atoms with Gasteiger partial charge in [0.25, 0.3) is 5.69 Å². The summed E-state index contributed by atoms with van der Waals surface area (Å²) in [5.41, 5.74) is 2.90. The Morgan fingerprint density at radius 3 is 2.52 bits per heavy atom. The minimum atomic E-state index is -0.460. The molecule has 1 fully saturated rings. The van der Waals surface area contributed by atoms with E-state index in [-0.39, 0.29) is 17.5 Å². The van der Waals surface area contributed by atoms with Crippen LogP contribution in [0.25, 0.3) is 0 Å². The van der Waals surface area contributed by atoms with Gasteiger partial charge in [-0.15, -0.1) is 0 Å². The molecule has 2 unspecified atom stereocenters. The molecule has 6 heteroatoms. The van der Waals surface area contributed by atoms with Gasteiger partial charge in [-0.25, -0.2) is 5.43 Å². The SMILES string of the molecule is O=C(N/N=C/c1ccccc1[N+](=O)[O-])C1C2CCC=CCCC21. The summed E-state index contributed by atoms with van der Waals surface area (Å²) in [5, 5.41) is 14.8. The summed E-state index contributed by atoms with van der Waals surface area (Å²) in [5.74, 6) is 0.886. The number of rotatable bonds is 4. The van der Waals surface area contributed by atoms with Gasteiger partial charge >= 0.3 is 0 Å². The molecular formula is C17H19N3O3. The van der Waals surface area contributed by atoms with Crippen LogP contribution in [0.4, 0.5) is 5.69 Å². The van der Waals surface area contributed by atoms with Crippen molar-refractivity contribution in [3.63, 3.8) is 0 Å². The lowest BCUT2D eigenvalue weighted by Crippen LogP contribution is -2.21. The highest BCUT2D eigenvalue weighted by Crippen LogP contribution is 2.52. The van der Waals surface area contributed by atoms with E-state index in [1.54, 1.807) is 18.2 Å². The highest BCUT2D eigenvalue weighted by Gasteiger charge is 2.53. The number of hydrazone groups is 1. The number of nitrogens with one attached hydrogen (secondary N) is 1. The van der Waals surface area contributed by atoms with Gasteiger partial charge in [-0.1, -0.05) is 24.3 Å². The van der Waals surface area contributed by atoms with Crippen molar-refractivity contribution >= 4 is 17.8 Å². The first-order valence-corrected chi connectivity index (χ1v) is 7.90. The summed E-state index contributed by atoms with van der Waals surface area (Å²) in [6, 6.07) is 6.32. The van der Waals surface area contributed by atoms with Crippen LogP contribution in [0.2, 0.25) is 0 Å². The van der Waals surface area contributed by atoms with Crippen LogP contribution in [0.15, 0.2) is 41.5 Å². The number of allylic oxidation sites excluding steroid dienone is 2. The van der Waals surface area contributed by atoms with Crippen LogP contribution in [-0.4, -0.2) is 17.0 Å². The standard InChI is InChI=1S/C17H19N3O3/c21-17(16-13-8-3-1-2-4-9-14(13)16)19-18-11-12-7-5-6-10-15(12)20(22)23/h1-2,5-7,10-11,13-14,16H,3-4,8-9H2,(H,19,21)/b2-1?,18-11+. The number of nitro benzene ring substituents is 1. The molecule has 1 aromatic carbocycles. The van der Waals surface area contributed by atoms with Gasteiger partial charge in [0.2, 0.25) is 5.91 Å². The molecule has 0 spiro atoms. The molecule has 3 rings (SSSR count). The average molecular weight is 313 g/mol. The van der Waals surface area contributed by atoms with Crippen molar-refractivity contribution in [2.24, 2.45) is 22.9 Å². The number of nitrogens with zero attached hydrogens (tertiary/aromatic N) is 2. The molecular weight excluding hydrogens is 294 g/mol. The lowest BCUT2D eigenvalue weighted by Gasteiger charge is -1.99. The van der Waals surface area contributed by atoms with Crippen LogP contribution in [0.5, 0.6) is 0 Å². The van der Waals surface area contributed by atoms with Gasteiger partial charge in [0.1, 0.15) is 0 Å². The van der Waals surface area contributed by atoms with Crippen molar-refractivity contribution in [2.75, 3.05) is 0 Å². The summed E-state index contributed by atoms with van der Waals surface area (Å²) in [7, 11) is 0. The molecule has 0 radical (unpaired) electrons. The molecule has 23 heavy (non-hydrogen) atoms. The van der Waals surface area contributed by atoms with Crippen molar-refractivity contribution < 1.29 is 9.72 Å². The molecule has 6 nitrogen and oxygen atoms in total. The lowest BCUT2D eigenvalue weighted by atomic mass is 10.1. The smallest absolute Gasteiger partial charge is 0.273 e. The van der Waals surface area contributed by atoms with Crippen LogP contribution in [0, 0.1) is 27.9 Å². The zero-order chi connectivity index (χ0) is 16.2. The third kappa shape index (κ3) is 3.47. The number of carbonyl (C=O) groups excluding carboxylic acids is 1.